The smallest absolute Gasteiger partial charge is 0.323 e. The molecule has 36 heavy (non-hydrogen) atoms. The molecular formula is C30H32N4O2. The quantitative estimate of drug-likeness (QED) is 0.564. The number of benzene rings is 3. The Morgan fingerprint density at radius 1 is 0.750 bits per heavy atom. The van der Waals surface area contributed by atoms with Gasteiger partial charge in [0.25, 0.3) is 5.91 Å². The average Bonchev–Trinajstić information content (AvgIpc) is 3.14. The first-order valence-corrected chi connectivity index (χ1v) is 12.9. The van der Waals surface area contributed by atoms with Gasteiger partial charge in [-0.05, 0) is 35.1 Å². The zero-order valence-corrected chi connectivity index (χ0v) is 20.5. The maximum atomic E-state index is 13.5. The molecule has 2 aliphatic heterocycles. The Morgan fingerprint density at radius 3 is 1.97 bits per heavy atom. The molecule has 0 aromatic heterocycles. The number of nitrogens with one attached hydrogen (secondary N) is 1. The first-order valence-electron chi connectivity index (χ1n) is 12.9. The third kappa shape index (κ3) is 4.21. The highest BCUT2D eigenvalue weighted by molar-refractivity contribution is 6.07. The van der Waals surface area contributed by atoms with Crippen LogP contribution in [0.5, 0.6) is 0 Å². The molecule has 6 heteroatoms. The summed E-state index contributed by atoms with van der Waals surface area (Å²) in [5.41, 5.74) is 4.22. The van der Waals surface area contributed by atoms with Gasteiger partial charge in [0.2, 0.25) is 0 Å². The normalized spacial score (nSPS) is 22.8. The second kappa shape index (κ2) is 9.52. The van der Waals surface area contributed by atoms with Crippen LogP contribution in [0.15, 0.2) is 84.9 Å². The van der Waals surface area contributed by atoms with E-state index >= 15 is 0 Å². The van der Waals surface area contributed by atoms with Crippen LogP contribution in [-0.2, 0) is 17.6 Å². The molecule has 1 aliphatic carbocycles. The van der Waals surface area contributed by atoms with Gasteiger partial charge in [-0.1, -0.05) is 84.9 Å². The minimum Gasteiger partial charge on any atom is -0.323 e. The molecule has 1 spiro atoms. The van der Waals surface area contributed by atoms with Gasteiger partial charge in [0.15, 0.2) is 0 Å². The van der Waals surface area contributed by atoms with Crippen molar-refractivity contribution in [1.29, 1.82) is 0 Å². The maximum Gasteiger partial charge on any atom is 0.326 e. The summed E-state index contributed by atoms with van der Waals surface area (Å²) in [7, 11) is 0. The Morgan fingerprint density at radius 2 is 1.33 bits per heavy atom. The highest BCUT2D eigenvalue weighted by atomic mass is 16.2. The molecule has 0 radical (unpaired) electrons. The summed E-state index contributed by atoms with van der Waals surface area (Å²) in [5, 5.41) is 3.07. The van der Waals surface area contributed by atoms with E-state index in [1.54, 1.807) is 0 Å². The van der Waals surface area contributed by atoms with E-state index in [4.69, 9.17) is 0 Å². The van der Waals surface area contributed by atoms with Crippen LogP contribution in [-0.4, -0.2) is 65.0 Å². The highest BCUT2D eigenvalue weighted by Crippen LogP contribution is 2.34. The fourth-order valence-electron chi connectivity index (χ4n) is 6.08. The predicted octanol–water partition coefficient (Wildman–Crippen LogP) is 3.83. The largest absolute Gasteiger partial charge is 0.326 e. The Labute approximate surface area is 212 Å². The number of piperazine rings is 1. The molecule has 0 unspecified atom stereocenters. The lowest BCUT2D eigenvalue weighted by atomic mass is 9.78. The van der Waals surface area contributed by atoms with E-state index in [0.29, 0.717) is 19.5 Å². The SMILES string of the molecule is O=C1N[C@@]2(CCc3ccccc3C2)C(=O)N1CN1CCN(C(c2ccccc2)c2ccccc2)CC1. The molecule has 6 rings (SSSR count). The number of carbonyl (C=O) groups is 2. The molecule has 0 bridgehead atoms. The van der Waals surface area contributed by atoms with Gasteiger partial charge in [0.05, 0.1) is 12.7 Å². The van der Waals surface area contributed by atoms with E-state index < -0.39 is 5.54 Å². The van der Waals surface area contributed by atoms with Gasteiger partial charge >= 0.3 is 6.03 Å². The molecule has 3 aromatic carbocycles. The molecular weight excluding hydrogens is 448 g/mol. The summed E-state index contributed by atoms with van der Waals surface area (Å²) in [6, 6.07) is 29.5. The molecule has 2 fully saturated rings. The number of amides is 3. The van der Waals surface area contributed by atoms with E-state index in [2.05, 4.69) is 87.9 Å². The first kappa shape index (κ1) is 23.0. The zero-order valence-electron chi connectivity index (χ0n) is 20.5. The van der Waals surface area contributed by atoms with Crippen molar-refractivity contribution < 1.29 is 9.59 Å². The van der Waals surface area contributed by atoms with Crippen LogP contribution in [0.25, 0.3) is 0 Å². The van der Waals surface area contributed by atoms with E-state index in [0.717, 1.165) is 32.6 Å². The highest BCUT2D eigenvalue weighted by Gasteiger charge is 2.52. The number of rotatable bonds is 5. The summed E-state index contributed by atoms with van der Waals surface area (Å²) in [5.74, 6) is -0.0733. The van der Waals surface area contributed by atoms with E-state index in [-0.39, 0.29) is 18.0 Å². The van der Waals surface area contributed by atoms with E-state index in [1.165, 1.54) is 27.2 Å². The molecule has 2 saturated heterocycles. The molecule has 3 aromatic rings. The molecule has 1 atom stereocenters. The number of aryl methyl sites for hydroxylation is 1. The van der Waals surface area contributed by atoms with Crippen LogP contribution in [0.3, 0.4) is 0 Å². The van der Waals surface area contributed by atoms with Gasteiger partial charge in [-0.25, -0.2) is 9.69 Å². The molecule has 1 N–H and O–H groups in total. The molecule has 184 valence electrons. The van der Waals surface area contributed by atoms with Gasteiger partial charge in [0.1, 0.15) is 5.54 Å². The fraction of sp³-hybridized carbons (Fsp3) is 0.333. The van der Waals surface area contributed by atoms with Crippen molar-refractivity contribution in [3.8, 4) is 0 Å². The summed E-state index contributed by atoms with van der Waals surface area (Å²) in [4.78, 5) is 32.6. The Bertz CT molecular complexity index is 1200. The summed E-state index contributed by atoms with van der Waals surface area (Å²) in [6.07, 6.45) is 2.05. The van der Waals surface area contributed by atoms with Crippen LogP contribution in [0.4, 0.5) is 4.79 Å². The third-order valence-electron chi connectivity index (χ3n) is 8.02. The van der Waals surface area contributed by atoms with Gasteiger partial charge in [0, 0.05) is 32.6 Å². The lowest BCUT2D eigenvalue weighted by Gasteiger charge is -2.40. The minimum absolute atomic E-state index is 0.0733. The van der Waals surface area contributed by atoms with E-state index in [1.807, 2.05) is 12.1 Å². The van der Waals surface area contributed by atoms with Crippen LogP contribution >= 0.6 is 0 Å². The fourth-order valence-corrected chi connectivity index (χ4v) is 6.08. The third-order valence-corrected chi connectivity index (χ3v) is 8.02. The second-order valence-electron chi connectivity index (χ2n) is 10.2. The second-order valence-corrected chi connectivity index (χ2v) is 10.2. The zero-order chi connectivity index (χ0) is 24.5. The Balaban J connectivity index is 1.13. The minimum atomic E-state index is -0.793. The molecule has 3 aliphatic rings. The van der Waals surface area contributed by atoms with Crippen molar-refractivity contribution in [3.05, 3.63) is 107 Å². The number of urea groups is 1. The Hall–Kier alpha value is -3.48. The molecule has 2 heterocycles. The number of nitrogens with zero attached hydrogens (tertiary/aromatic N) is 3. The summed E-state index contributed by atoms with van der Waals surface area (Å²) >= 11 is 0. The van der Waals surface area contributed by atoms with Crippen LogP contribution in [0, 0.1) is 0 Å². The average molecular weight is 481 g/mol. The number of imide groups is 1. The number of hydrogen-bond donors (Lipinski definition) is 1. The number of hydrogen-bond acceptors (Lipinski definition) is 4. The van der Waals surface area contributed by atoms with Gasteiger partial charge in [-0.3, -0.25) is 14.6 Å². The van der Waals surface area contributed by atoms with E-state index in [9.17, 15) is 9.59 Å². The van der Waals surface area contributed by atoms with Crippen molar-refractivity contribution in [1.82, 2.24) is 20.0 Å². The topological polar surface area (TPSA) is 55.9 Å². The van der Waals surface area contributed by atoms with Crippen LogP contribution < -0.4 is 5.32 Å². The lowest BCUT2D eigenvalue weighted by Crippen LogP contribution is -2.53. The summed E-state index contributed by atoms with van der Waals surface area (Å²) < 4.78 is 0. The molecule has 0 saturated carbocycles. The van der Waals surface area contributed by atoms with Gasteiger partial charge in [-0.2, -0.15) is 0 Å². The lowest BCUT2D eigenvalue weighted by molar-refractivity contribution is -0.133. The van der Waals surface area contributed by atoms with Crippen molar-refractivity contribution in [2.24, 2.45) is 0 Å². The molecule has 6 nitrogen and oxygen atoms in total. The molecule has 3 amide bonds. The van der Waals surface area contributed by atoms with Crippen molar-refractivity contribution >= 4 is 11.9 Å². The van der Waals surface area contributed by atoms with Gasteiger partial charge in [-0.15, -0.1) is 0 Å². The van der Waals surface area contributed by atoms with Crippen LogP contribution in [0.2, 0.25) is 0 Å². The standard InChI is InChI=1S/C30H32N4O2/c35-28-30(16-15-23-9-7-8-14-26(23)21-30)31-29(36)34(28)22-32-17-19-33(20-18-32)27(24-10-3-1-4-11-24)25-12-5-2-6-13-25/h1-14,27H,15-22H2,(H,31,36)/t30-/m1/s1. The Kier molecular flexibility index (Phi) is 6.07. The number of fused-ring (bicyclic) bond motifs is 1. The summed E-state index contributed by atoms with van der Waals surface area (Å²) in [6.45, 7) is 3.71. The predicted molar refractivity (Wildman–Crippen MR) is 139 cm³/mol. The van der Waals surface area contributed by atoms with Crippen molar-refractivity contribution in [2.75, 3.05) is 32.8 Å². The van der Waals surface area contributed by atoms with Crippen LogP contribution in [0.1, 0.15) is 34.7 Å². The van der Waals surface area contributed by atoms with Gasteiger partial charge < -0.3 is 5.32 Å². The van der Waals surface area contributed by atoms with Crippen molar-refractivity contribution in [3.63, 3.8) is 0 Å². The number of carbonyl (C=O) groups excluding carboxylic acids is 2. The monoisotopic (exact) mass is 480 g/mol. The van der Waals surface area contributed by atoms with Crippen molar-refractivity contribution in [2.45, 2.75) is 30.8 Å². The first-order chi connectivity index (χ1) is 17.6. The maximum absolute atomic E-state index is 13.5.